The fraction of sp³-hybridized carbons (Fsp3) is 0.750. The largest absolute Gasteiger partial charge is 0.352 e. The Morgan fingerprint density at radius 1 is 1.38 bits per heavy atom. The van der Waals surface area contributed by atoms with Crippen LogP contribution in [0.3, 0.4) is 0 Å². The Morgan fingerprint density at radius 3 is 1.85 bits per heavy atom. The number of urea groups is 1. The van der Waals surface area contributed by atoms with Crippen molar-refractivity contribution in [3.63, 3.8) is 0 Å². The highest BCUT2D eigenvalue weighted by Crippen LogP contribution is 1.78. The van der Waals surface area contributed by atoms with Gasteiger partial charge in [0, 0.05) is 6.04 Å². The highest BCUT2D eigenvalue weighted by molar-refractivity contribution is 5.71. The summed E-state index contributed by atoms with van der Waals surface area (Å²) in [6, 6.07) is -0.213. The molecule has 0 aromatic rings. The molecule has 13 heavy (non-hydrogen) atoms. The van der Waals surface area contributed by atoms with Gasteiger partial charge in [-0.1, -0.05) is 0 Å². The van der Waals surface area contributed by atoms with Crippen LogP contribution in [0, 0.1) is 0 Å². The third kappa shape index (κ3) is 25.0. The predicted octanol–water partition coefficient (Wildman–Crippen LogP) is 0.794. The lowest BCUT2D eigenvalue weighted by atomic mass is 10.4. The molecule has 5 heteroatoms. The first-order valence-electron chi connectivity index (χ1n) is 4.03. The van der Waals surface area contributed by atoms with Crippen LogP contribution in [0.4, 0.5) is 4.79 Å². The fourth-order valence-electron chi connectivity index (χ4n) is 0.390. The Bertz CT molecular complexity index is 184. The Labute approximate surface area is 78.4 Å². The molecule has 0 saturated heterocycles. The third-order valence-electron chi connectivity index (χ3n) is 0.742. The van der Waals surface area contributed by atoms with Crippen molar-refractivity contribution < 1.29 is 9.59 Å². The van der Waals surface area contributed by atoms with Gasteiger partial charge in [-0.3, -0.25) is 0 Å². The minimum absolute atomic E-state index is 0.0995. The number of carbonyl (C=O) groups excluding carboxylic acids is 2. The average Bonchev–Trinajstić information content (AvgIpc) is 1.83. The second kappa shape index (κ2) is 8.74. The molecule has 0 radical (unpaired) electrons. The van der Waals surface area contributed by atoms with E-state index in [-0.39, 0.29) is 12.1 Å². The Kier molecular flexibility index (Phi) is 9.54. The van der Waals surface area contributed by atoms with Gasteiger partial charge in [-0.25, -0.2) is 14.6 Å². The van der Waals surface area contributed by atoms with Crippen LogP contribution in [0.1, 0.15) is 27.7 Å². The van der Waals surface area contributed by atoms with Crippen molar-refractivity contribution in [1.29, 1.82) is 0 Å². The van der Waals surface area contributed by atoms with Crippen LogP contribution >= 0.6 is 0 Å². The van der Waals surface area contributed by atoms with E-state index >= 15 is 0 Å². The highest BCUT2D eigenvalue weighted by atomic mass is 16.2. The van der Waals surface area contributed by atoms with Gasteiger partial charge in [0.15, 0.2) is 0 Å². The van der Waals surface area contributed by atoms with Gasteiger partial charge in [-0.2, -0.15) is 0 Å². The molecule has 0 saturated carbocycles. The summed E-state index contributed by atoms with van der Waals surface area (Å²) in [7, 11) is 0. The molecular weight excluding hydrogens is 170 g/mol. The molecule has 0 aliphatic rings. The summed E-state index contributed by atoms with van der Waals surface area (Å²) < 4.78 is 0. The Balaban J connectivity index is 0. The molecule has 0 aliphatic heterocycles. The monoisotopic (exact) mass is 187 g/mol. The van der Waals surface area contributed by atoms with Crippen LogP contribution in [-0.4, -0.2) is 24.2 Å². The van der Waals surface area contributed by atoms with Gasteiger partial charge in [0.25, 0.3) is 0 Å². The SMILES string of the molecule is CC(C)N=C=O.CC(C)NC(N)=O. The summed E-state index contributed by atoms with van der Waals surface area (Å²) in [6.07, 6.45) is 1.44. The van der Waals surface area contributed by atoms with E-state index in [0.29, 0.717) is 0 Å². The first-order chi connectivity index (χ1) is 5.90. The second-order valence-corrected chi connectivity index (χ2v) is 2.98. The molecule has 5 nitrogen and oxygen atoms in total. The first-order valence-corrected chi connectivity index (χ1v) is 4.03. The van der Waals surface area contributed by atoms with E-state index in [4.69, 9.17) is 5.73 Å². The number of nitrogens with one attached hydrogen (secondary N) is 1. The maximum absolute atomic E-state index is 9.92. The zero-order chi connectivity index (χ0) is 10.9. The van der Waals surface area contributed by atoms with Crippen LogP contribution in [0.2, 0.25) is 0 Å². The molecule has 0 unspecified atom stereocenters. The normalized spacial score (nSPS) is 8.46. The van der Waals surface area contributed by atoms with E-state index in [2.05, 4.69) is 10.3 Å². The summed E-state index contributed by atoms with van der Waals surface area (Å²) in [5.74, 6) is 0. The molecule has 0 aromatic heterocycles. The van der Waals surface area contributed by atoms with Crippen molar-refractivity contribution in [1.82, 2.24) is 5.32 Å². The second-order valence-electron chi connectivity index (χ2n) is 2.98. The molecule has 0 heterocycles. The Morgan fingerprint density at radius 2 is 1.85 bits per heavy atom. The number of carbonyl (C=O) groups is 1. The number of hydrogen-bond acceptors (Lipinski definition) is 3. The minimum atomic E-state index is -0.463. The van der Waals surface area contributed by atoms with Crippen molar-refractivity contribution >= 4 is 12.1 Å². The summed E-state index contributed by atoms with van der Waals surface area (Å²) >= 11 is 0. The summed E-state index contributed by atoms with van der Waals surface area (Å²) in [4.78, 5) is 22.6. The molecular formula is C8H17N3O2. The lowest BCUT2D eigenvalue weighted by Gasteiger charge is -2.01. The lowest BCUT2D eigenvalue weighted by Crippen LogP contribution is -2.34. The van der Waals surface area contributed by atoms with Gasteiger partial charge in [-0.05, 0) is 27.7 Å². The molecule has 0 spiro atoms. The number of rotatable bonds is 2. The zero-order valence-electron chi connectivity index (χ0n) is 8.50. The fourth-order valence-corrected chi connectivity index (χ4v) is 0.390. The first kappa shape index (κ1) is 14.2. The molecule has 0 aromatic carbocycles. The summed E-state index contributed by atoms with van der Waals surface area (Å²) in [5, 5.41) is 2.44. The number of hydrogen-bond donors (Lipinski definition) is 2. The maximum atomic E-state index is 9.92. The zero-order valence-corrected chi connectivity index (χ0v) is 8.50. The standard InChI is InChI=1S/C4H10N2O.C4H7NO/c1-3(2)6-4(5)7;1-4(2)5-3-6/h3H,1-2H3,(H3,5,6,7);4H,1-2H3. The van der Waals surface area contributed by atoms with Crippen LogP contribution in [0.15, 0.2) is 4.99 Å². The topological polar surface area (TPSA) is 84.6 Å². The Hall–Kier alpha value is -1.35. The van der Waals surface area contributed by atoms with Crippen molar-refractivity contribution in [2.45, 2.75) is 39.8 Å². The number of isocyanates is 1. The predicted molar refractivity (Wildman–Crippen MR) is 51.1 cm³/mol. The minimum Gasteiger partial charge on any atom is -0.352 e. The average molecular weight is 187 g/mol. The van der Waals surface area contributed by atoms with E-state index < -0.39 is 6.03 Å². The van der Waals surface area contributed by atoms with Gasteiger partial charge in [0.05, 0.1) is 6.04 Å². The van der Waals surface area contributed by atoms with Gasteiger partial charge < -0.3 is 11.1 Å². The van der Waals surface area contributed by atoms with E-state index in [1.165, 1.54) is 6.08 Å². The van der Waals surface area contributed by atoms with E-state index in [9.17, 15) is 9.59 Å². The number of amides is 2. The summed E-state index contributed by atoms with van der Waals surface area (Å²) in [6.45, 7) is 7.35. The molecule has 76 valence electrons. The quantitative estimate of drug-likeness (QED) is 0.495. The molecule has 0 fully saturated rings. The molecule has 0 bridgehead atoms. The van der Waals surface area contributed by atoms with Crippen LogP contribution < -0.4 is 11.1 Å². The molecule has 0 aliphatic carbocycles. The highest BCUT2D eigenvalue weighted by Gasteiger charge is 1.91. The number of nitrogens with two attached hydrogens (primary N) is 1. The lowest BCUT2D eigenvalue weighted by molar-refractivity contribution is 0.247. The molecule has 0 rings (SSSR count). The van der Waals surface area contributed by atoms with Crippen molar-refractivity contribution in [3.8, 4) is 0 Å². The maximum Gasteiger partial charge on any atom is 0.312 e. The van der Waals surface area contributed by atoms with Crippen LogP contribution in [0.5, 0.6) is 0 Å². The van der Waals surface area contributed by atoms with Crippen LogP contribution in [0.25, 0.3) is 0 Å². The smallest absolute Gasteiger partial charge is 0.312 e. The van der Waals surface area contributed by atoms with E-state index in [1.807, 2.05) is 27.7 Å². The number of aliphatic imine (C=N–C) groups is 1. The van der Waals surface area contributed by atoms with Gasteiger partial charge in [0.2, 0.25) is 6.08 Å². The van der Waals surface area contributed by atoms with Gasteiger partial charge in [-0.15, -0.1) is 0 Å². The summed E-state index contributed by atoms with van der Waals surface area (Å²) in [5.41, 5.74) is 4.74. The van der Waals surface area contributed by atoms with E-state index in [1.54, 1.807) is 0 Å². The van der Waals surface area contributed by atoms with Gasteiger partial charge in [0.1, 0.15) is 0 Å². The van der Waals surface area contributed by atoms with Crippen molar-refractivity contribution in [3.05, 3.63) is 0 Å². The number of primary amides is 1. The molecule has 0 atom stereocenters. The van der Waals surface area contributed by atoms with E-state index in [0.717, 1.165) is 0 Å². The van der Waals surface area contributed by atoms with Crippen molar-refractivity contribution in [2.24, 2.45) is 10.7 Å². The van der Waals surface area contributed by atoms with Crippen molar-refractivity contribution in [2.75, 3.05) is 0 Å². The molecule has 3 N–H and O–H groups in total. The van der Waals surface area contributed by atoms with Gasteiger partial charge >= 0.3 is 6.03 Å². The third-order valence-corrected chi connectivity index (χ3v) is 0.742. The van der Waals surface area contributed by atoms with Crippen LogP contribution in [-0.2, 0) is 4.79 Å². The molecule has 2 amide bonds. The number of nitrogens with zero attached hydrogens (tertiary/aromatic N) is 1.